The van der Waals surface area contributed by atoms with Crippen LogP contribution in [0.2, 0.25) is 0 Å². The van der Waals surface area contributed by atoms with Crippen molar-refractivity contribution in [2.75, 3.05) is 20.1 Å². The topological polar surface area (TPSA) is 49.0 Å². The molecular weight excluding hydrogens is 398 g/mol. The minimum absolute atomic E-state index is 0.0234. The second-order valence-corrected chi connectivity index (χ2v) is 11.5. The van der Waals surface area contributed by atoms with Gasteiger partial charge in [-0.1, -0.05) is 56.8 Å². The molecule has 1 aromatic carbocycles. The molecule has 1 N–H and O–H groups in total. The highest BCUT2D eigenvalue weighted by atomic mass is 32.2. The van der Waals surface area contributed by atoms with Crippen molar-refractivity contribution in [3.05, 3.63) is 45.1 Å². The van der Waals surface area contributed by atoms with E-state index < -0.39 is 0 Å². The molecule has 0 radical (unpaired) electrons. The number of H-pyrrole nitrogens is 1. The Morgan fingerprint density at radius 1 is 1.17 bits per heavy atom. The zero-order valence-corrected chi connectivity index (χ0v) is 19.5. The quantitative estimate of drug-likeness (QED) is 0.565. The van der Waals surface area contributed by atoms with E-state index in [2.05, 4.69) is 68.9 Å². The summed E-state index contributed by atoms with van der Waals surface area (Å²) in [5.41, 5.74) is 3.50. The first kappa shape index (κ1) is 20.6. The van der Waals surface area contributed by atoms with Crippen LogP contribution in [-0.4, -0.2) is 40.3 Å². The van der Waals surface area contributed by atoms with Gasteiger partial charge in [-0.15, -0.1) is 11.3 Å². The number of thiophene rings is 1. The summed E-state index contributed by atoms with van der Waals surface area (Å²) in [6, 6.07) is 8.61. The van der Waals surface area contributed by atoms with Gasteiger partial charge in [0.1, 0.15) is 4.83 Å². The summed E-state index contributed by atoms with van der Waals surface area (Å²) in [5.74, 6) is 0. The monoisotopic (exact) mass is 427 g/mol. The highest BCUT2D eigenvalue weighted by molar-refractivity contribution is 7.99. The molecule has 0 atom stereocenters. The number of rotatable bonds is 3. The van der Waals surface area contributed by atoms with Crippen molar-refractivity contribution >= 4 is 33.3 Å². The molecule has 0 saturated carbocycles. The van der Waals surface area contributed by atoms with E-state index in [0.29, 0.717) is 5.25 Å². The van der Waals surface area contributed by atoms with Crippen molar-refractivity contribution in [2.24, 2.45) is 0 Å². The molecule has 3 aromatic rings. The molecule has 0 aliphatic carbocycles. The van der Waals surface area contributed by atoms with E-state index >= 15 is 0 Å². The predicted octanol–water partition coefficient (Wildman–Crippen LogP) is 5.44. The Balaban J connectivity index is 1.68. The Bertz CT molecular complexity index is 1070. The number of nitrogens with zero attached hydrogens (tertiary/aromatic N) is 2. The van der Waals surface area contributed by atoms with Crippen LogP contribution in [-0.2, 0) is 5.41 Å². The van der Waals surface area contributed by atoms with Crippen LogP contribution >= 0.6 is 23.1 Å². The van der Waals surface area contributed by atoms with E-state index in [0.717, 1.165) is 57.3 Å². The van der Waals surface area contributed by atoms with Crippen molar-refractivity contribution in [2.45, 2.75) is 56.4 Å². The van der Waals surface area contributed by atoms with E-state index in [9.17, 15) is 4.79 Å². The third kappa shape index (κ3) is 4.30. The summed E-state index contributed by atoms with van der Waals surface area (Å²) in [5, 5.41) is 2.01. The first-order valence-corrected chi connectivity index (χ1v) is 11.9. The molecule has 0 amide bonds. The van der Waals surface area contributed by atoms with E-state index in [1.807, 2.05) is 0 Å². The van der Waals surface area contributed by atoms with E-state index in [1.54, 1.807) is 23.1 Å². The second kappa shape index (κ2) is 7.89. The molecule has 6 heteroatoms. The number of likely N-dealkylation sites (tertiary alicyclic amines) is 1. The molecule has 1 aliphatic rings. The van der Waals surface area contributed by atoms with E-state index in [1.165, 1.54) is 5.56 Å². The standard InChI is InChI=1S/C23H29N3OS2/c1-14-18(15-6-8-16(9-7-15)23(2,3)4)19-20(27)24-22(25-21(19)28-14)29-17-10-12-26(5)13-11-17/h6-9,17H,10-13H2,1-5H3,(H,24,25,27). The Morgan fingerprint density at radius 3 is 2.45 bits per heavy atom. The molecular formula is C23H29N3OS2. The fourth-order valence-corrected chi connectivity index (χ4v) is 6.06. The Hall–Kier alpha value is -1.63. The number of benzene rings is 1. The minimum atomic E-state index is -0.0234. The lowest BCUT2D eigenvalue weighted by molar-refractivity contribution is 0.282. The van der Waals surface area contributed by atoms with Gasteiger partial charge in [0.2, 0.25) is 0 Å². The molecule has 2 aromatic heterocycles. The van der Waals surface area contributed by atoms with Gasteiger partial charge in [-0.2, -0.15) is 0 Å². The molecule has 29 heavy (non-hydrogen) atoms. The molecule has 4 rings (SSSR count). The van der Waals surface area contributed by atoms with Gasteiger partial charge in [0.25, 0.3) is 5.56 Å². The highest BCUT2D eigenvalue weighted by Gasteiger charge is 2.21. The summed E-state index contributed by atoms with van der Waals surface area (Å²) >= 11 is 3.35. The smallest absolute Gasteiger partial charge is 0.260 e. The van der Waals surface area contributed by atoms with Crippen molar-refractivity contribution in [3.8, 4) is 11.1 Å². The highest BCUT2D eigenvalue weighted by Crippen LogP contribution is 2.37. The number of aromatic amines is 1. The number of piperidine rings is 1. The number of hydrogen-bond donors (Lipinski definition) is 1. The SMILES string of the molecule is Cc1sc2nc(SC3CCN(C)CC3)[nH]c(=O)c2c1-c1ccc(C(C)(C)C)cc1. The molecule has 0 bridgehead atoms. The number of thioether (sulfide) groups is 1. The predicted molar refractivity (Wildman–Crippen MR) is 125 cm³/mol. The number of aromatic nitrogens is 2. The molecule has 4 nitrogen and oxygen atoms in total. The number of nitrogens with one attached hydrogen (secondary N) is 1. The lowest BCUT2D eigenvalue weighted by Gasteiger charge is -2.27. The van der Waals surface area contributed by atoms with Crippen LogP contribution in [0.5, 0.6) is 0 Å². The first-order chi connectivity index (χ1) is 13.7. The fraction of sp³-hybridized carbons (Fsp3) is 0.478. The molecule has 1 aliphatic heterocycles. The van der Waals surface area contributed by atoms with Crippen molar-refractivity contribution in [1.29, 1.82) is 0 Å². The van der Waals surface area contributed by atoms with Crippen molar-refractivity contribution < 1.29 is 0 Å². The Labute approximate surface area is 180 Å². The van der Waals surface area contributed by atoms with Crippen LogP contribution in [0.25, 0.3) is 21.3 Å². The molecule has 3 heterocycles. The first-order valence-electron chi connectivity index (χ1n) is 10.2. The number of aryl methyl sites for hydroxylation is 1. The van der Waals surface area contributed by atoms with Gasteiger partial charge in [0.15, 0.2) is 5.16 Å². The number of fused-ring (bicyclic) bond motifs is 1. The van der Waals surface area contributed by atoms with Gasteiger partial charge in [-0.3, -0.25) is 4.79 Å². The Kier molecular flexibility index (Phi) is 5.62. The van der Waals surface area contributed by atoms with Crippen LogP contribution in [0.1, 0.15) is 44.1 Å². The van der Waals surface area contributed by atoms with Gasteiger partial charge < -0.3 is 9.88 Å². The lowest BCUT2D eigenvalue weighted by atomic mass is 9.86. The van der Waals surface area contributed by atoms with Crippen LogP contribution in [0, 0.1) is 6.92 Å². The molecule has 1 saturated heterocycles. The summed E-state index contributed by atoms with van der Waals surface area (Å²) in [7, 11) is 2.16. The second-order valence-electron chi connectivity index (χ2n) is 9.03. The van der Waals surface area contributed by atoms with Crippen molar-refractivity contribution in [3.63, 3.8) is 0 Å². The zero-order valence-electron chi connectivity index (χ0n) is 17.8. The minimum Gasteiger partial charge on any atom is -0.306 e. The molecule has 0 spiro atoms. The zero-order chi connectivity index (χ0) is 20.8. The van der Waals surface area contributed by atoms with Gasteiger partial charge in [0.05, 0.1) is 5.39 Å². The summed E-state index contributed by atoms with van der Waals surface area (Å²) in [6.07, 6.45) is 2.27. The van der Waals surface area contributed by atoms with Gasteiger partial charge in [-0.05, 0) is 56.4 Å². The lowest BCUT2D eigenvalue weighted by Crippen LogP contribution is -2.31. The summed E-state index contributed by atoms with van der Waals surface area (Å²) < 4.78 is 0. The normalized spacial score (nSPS) is 16.6. The Morgan fingerprint density at radius 2 is 1.83 bits per heavy atom. The maximum absolute atomic E-state index is 13.0. The number of hydrogen-bond acceptors (Lipinski definition) is 5. The van der Waals surface area contributed by atoms with Crippen LogP contribution in [0.3, 0.4) is 0 Å². The molecule has 154 valence electrons. The van der Waals surface area contributed by atoms with Gasteiger partial charge in [-0.25, -0.2) is 4.98 Å². The molecule has 1 fully saturated rings. The summed E-state index contributed by atoms with van der Waals surface area (Å²) in [6.45, 7) is 10.9. The summed E-state index contributed by atoms with van der Waals surface area (Å²) in [4.78, 5) is 25.2. The van der Waals surface area contributed by atoms with Gasteiger partial charge in [0, 0.05) is 15.7 Å². The van der Waals surface area contributed by atoms with Crippen LogP contribution in [0.15, 0.2) is 34.2 Å². The van der Waals surface area contributed by atoms with Crippen molar-refractivity contribution in [1.82, 2.24) is 14.9 Å². The fourth-order valence-electron chi connectivity index (χ4n) is 3.90. The average molecular weight is 428 g/mol. The van der Waals surface area contributed by atoms with E-state index in [4.69, 9.17) is 4.98 Å². The largest absolute Gasteiger partial charge is 0.306 e. The maximum atomic E-state index is 13.0. The maximum Gasteiger partial charge on any atom is 0.260 e. The van der Waals surface area contributed by atoms with Gasteiger partial charge >= 0.3 is 0 Å². The average Bonchev–Trinajstić information content (AvgIpc) is 2.99. The molecule has 0 unspecified atom stereocenters. The van der Waals surface area contributed by atoms with E-state index in [-0.39, 0.29) is 11.0 Å². The third-order valence-corrected chi connectivity index (χ3v) is 7.92. The van der Waals surface area contributed by atoms with Crippen LogP contribution in [0.4, 0.5) is 0 Å². The van der Waals surface area contributed by atoms with Crippen LogP contribution < -0.4 is 5.56 Å². The third-order valence-electron chi connectivity index (χ3n) is 5.70.